The van der Waals surface area contributed by atoms with Gasteiger partial charge in [-0.25, -0.2) is 5.01 Å². The van der Waals surface area contributed by atoms with Gasteiger partial charge in [0, 0.05) is 30.1 Å². The molecule has 0 saturated heterocycles. The molecule has 1 unspecified atom stereocenters. The number of ether oxygens (including phenoxy) is 1. The molecule has 0 saturated carbocycles. The van der Waals surface area contributed by atoms with Gasteiger partial charge in [0.1, 0.15) is 5.75 Å². The molecule has 0 fully saturated rings. The molecule has 1 atom stereocenters. The molecule has 5 nitrogen and oxygen atoms in total. The Hall–Kier alpha value is -3.15. The summed E-state index contributed by atoms with van der Waals surface area (Å²) in [4.78, 5) is 15.7. The first kappa shape index (κ1) is 21.7. The first-order chi connectivity index (χ1) is 16.1. The first-order valence-electron chi connectivity index (χ1n) is 11.2. The molecule has 3 aromatic rings. The zero-order chi connectivity index (χ0) is 22.8. The number of methoxy groups -OCH3 is 1. The van der Waals surface area contributed by atoms with Gasteiger partial charge in [-0.2, -0.15) is 5.10 Å². The Morgan fingerprint density at radius 1 is 1.06 bits per heavy atom. The second-order valence-electron chi connectivity index (χ2n) is 8.49. The van der Waals surface area contributed by atoms with E-state index in [2.05, 4.69) is 29.2 Å². The lowest BCUT2D eigenvalue weighted by atomic mass is 9.98. The fraction of sp³-hybridized carbons (Fsp3) is 0.259. The number of carbonyl (C=O) groups is 1. The van der Waals surface area contributed by atoms with Crippen molar-refractivity contribution >= 4 is 23.2 Å². The zero-order valence-corrected chi connectivity index (χ0v) is 19.3. The highest BCUT2D eigenvalue weighted by Crippen LogP contribution is 2.37. The molecule has 0 radical (unpaired) electrons. The van der Waals surface area contributed by atoms with Gasteiger partial charge >= 0.3 is 0 Å². The van der Waals surface area contributed by atoms with Crippen LogP contribution >= 0.6 is 11.6 Å². The number of hydrogen-bond acceptors (Lipinski definition) is 4. The first-order valence-corrected chi connectivity index (χ1v) is 11.6. The second-order valence-corrected chi connectivity index (χ2v) is 8.89. The molecule has 5 rings (SSSR count). The maximum absolute atomic E-state index is 13.5. The van der Waals surface area contributed by atoms with E-state index in [-0.39, 0.29) is 11.9 Å². The van der Waals surface area contributed by atoms with Gasteiger partial charge in [-0.1, -0.05) is 66.2 Å². The third-order valence-corrected chi connectivity index (χ3v) is 6.75. The smallest absolute Gasteiger partial charge is 0.257 e. The average Bonchev–Trinajstić information content (AvgIpc) is 3.30. The fourth-order valence-electron chi connectivity index (χ4n) is 4.66. The van der Waals surface area contributed by atoms with Gasteiger partial charge in [-0.15, -0.1) is 0 Å². The Balaban J connectivity index is 1.42. The van der Waals surface area contributed by atoms with Crippen LogP contribution in [0, 0.1) is 0 Å². The molecule has 3 aromatic carbocycles. The standard InChI is InChI=1S/C27H26ClN3O2/c1-33-22-10-6-9-20(15-22)25-16-26(23-11-4-5-12-24(23)28)31(29-25)27(32)18-30-14-13-19-7-2-3-8-21(19)17-30/h2-12,15,26H,13-14,16-18H2,1H3. The van der Waals surface area contributed by atoms with E-state index in [1.807, 2.05) is 48.5 Å². The van der Waals surface area contributed by atoms with Gasteiger partial charge in [-0.3, -0.25) is 9.69 Å². The van der Waals surface area contributed by atoms with Crippen molar-refractivity contribution in [3.05, 3.63) is 100 Å². The van der Waals surface area contributed by atoms with Crippen molar-refractivity contribution in [1.82, 2.24) is 9.91 Å². The van der Waals surface area contributed by atoms with Gasteiger partial charge in [0.15, 0.2) is 0 Å². The van der Waals surface area contributed by atoms with Crippen molar-refractivity contribution in [2.75, 3.05) is 20.2 Å². The predicted molar refractivity (Wildman–Crippen MR) is 131 cm³/mol. The molecule has 0 bridgehead atoms. The van der Waals surface area contributed by atoms with Crippen LogP contribution in [0.2, 0.25) is 5.02 Å². The van der Waals surface area contributed by atoms with Crippen LogP contribution in [0.3, 0.4) is 0 Å². The minimum Gasteiger partial charge on any atom is -0.497 e. The minimum atomic E-state index is -0.232. The topological polar surface area (TPSA) is 45.1 Å². The normalized spacial score (nSPS) is 18.1. The predicted octanol–water partition coefficient (Wildman–Crippen LogP) is 5.08. The number of nitrogens with zero attached hydrogens (tertiary/aromatic N) is 3. The van der Waals surface area contributed by atoms with Crippen LogP contribution in [0.25, 0.3) is 0 Å². The summed E-state index contributed by atoms with van der Waals surface area (Å²) in [5.41, 5.74) is 5.39. The van der Waals surface area contributed by atoms with Gasteiger partial charge < -0.3 is 4.74 Å². The van der Waals surface area contributed by atoms with Crippen LogP contribution in [0.15, 0.2) is 77.9 Å². The van der Waals surface area contributed by atoms with E-state index in [1.54, 1.807) is 12.1 Å². The molecule has 2 aliphatic heterocycles. The molecule has 168 valence electrons. The Labute approximate surface area is 199 Å². The van der Waals surface area contributed by atoms with Crippen molar-refractivity contribution in [1.29, 1.82) is 0 Å². The summed E-state index contributed by atoms with van der Waals surface area (Å²) in [6.07, 6.45) is 1.56. The molecule has 0 aromatic heterocycles. The van der Waals surface area contributed by atoms with Crippen molar-refractivity contribution in [2.24, 2.45) is 5.10 Å². The van der Waals surface area contributed by atoms with Crippen LogP contribution in [-0.2, 0) is 17.8 Å². The summed E-state index contributed by atoms with van der Waals surface area (Å²) in [6.45, 7) is 1.96. The van der Waals surface area contributed by atoms with E-state index in [9.17, 15) is 4.79 Å². The molecule has 6 heteroatoms. The quantitative estimate of drug-likeness (QED) is 0.534. The number of carbonyl (C=O) groups excluding carboxylic acids is 1. The lowest BCUT2D eigenvalue weighted by Crippen LogP contribution is -2.40. The minimum absolute atomic E-state index is 0.0165. The number of hydrazone groups is 1. The second kappa shape index (κ2) is 9.38. The zero-order valence-electron chi connectivity index (χ0n) is 18.6. The summed E-state index contributed by atoms with van der Waals surface area (Å²) in [5, 5.41) is 7.08. The van der Waals surface area contributed by atoms with Crippen LogP contribution in [0.5, 0.6) is 5.75 Å². The van der Waals surface area contributed by atoms with E-state index in [0.29, 0.717) is 18.0 Å². The van der Waals surface area contributed by atoms with Crippen molar-refractivity contribution < 1.29 is 9.53 Å². The van der Waals surface area contributed by atoms with Crippen molar-refractivity contribution in [3.63, 3.8) is 0 Å². The Bertz CT molecular complexity index is 1210. The van der Waals surface area contributed by atoms with Gasteiger partial charge in [0.05, 0.1) is 25.4 Å². The van der Waals surface area contributed by atoms with Crippen LogP contribution in [0.4, 0.5) is 0 Å². The molecule has 2 aliphatic rings. The number of fused-ring (bicyclic) bond motifs is 1. The Morgan fingerprint density at radius 3 is 2.67 bits per heavy atom. The molecule has 0 N–H and O–H groups in total. The number of rotatable bonds is 5. The summed E-state index contributed by atoms with van der Waals surface area (Å²) < 4.78 is 5.39. The molecular weight excluding hydrogens is 434 g/mol. The van der Waals surface area contributed by atoms with Crippen LogP contribution in [-0.4, -0.2) is 41.7 Å². The van der Waals surface area contributed by atoms with Crippen molar-refractivity contribution in [3.8, 4) is 5.75 Å². The largest absolute Gasteiger partial charge is 0.497 e. The fourth-order valence-corrected chi connectivity index (χ4v) is 4.92. The molecule has 33 heavy (non-hydrogen) atoms. The van der Waals surface area contributed by atoms with Crippen LogP contribution in [0.1, 0.15) is 34.7 Å². The van der Waals surface area contributed by atoms with E-state index >= 15 is 0 Å². The van der Waals surface area contributed by atoms with E-state index < -0.39 is 0 Å². The number of amides is 1. The number of halogens is 1. The van der Waals surface area contributed by atoms with Gasteiger partial charge in [0.25, 0.3) is 5.91 Å². The molecule has 2 heterocycles. The lowest BCUT2D eigenvalue weighted by molar-refractivity contribution is -0.134. The molecule has 0 spiro atoms. The Kier molecular flexibility index (Phi) is 6.16. The maximum atomic E-state index is 13.5. The highest BCUT2D eigenvalue weighted by Gasteiger charge is 2.35. The summed E-state index contributed by atoms with van der Waals surface area (Å²) in [5.74, 6) is 0.749. The third-order valence-electron chi connectivity index (χ3n) is 6.40. The molecule has 1 amide bonds. The lowest BCUT2D eigenvalue weighted by Gasteiger charge is -2.30. The SMILES string of the molecule is COc1cccc(C2=NN(C(=O)CN3CCc4ccccc4C3)C(c3ccccc3Cl)C2)c1. The maximum Gasteiger partial charge on any atom is 0.257 e. The summed E-state index contributed by atoms with van der Waals surface area (Å²) >= 11 is 6.54. The number of benzene rings is 3. The summed E-state index contributed by atoms with van der Waals surface area (Å²) in [6, 6.07) is 23.7. The highest BCUT2D eigenvalue weighted by atomic mass is 35.5. The third kappa shape index (κ3) is 4.52. The van der Waals surface area contributed by atoms with E-state index in [4.69, 9.17) is 21.4 Å². The van der Waals surface area contributed by atoms with Crippen molar-refractivity contribution in [2.45, 2.75) is 25.4 Å². The van der Waals surface area contributed by atoms with E-state index in [0.717, 1.165) is 42.1 Å². The Morgan fingerprint density at radius 2 is 1.85 bits per heavy atom. The average molecular weight is 460 g/mol. The highest BCUT2D eigenvalue weighted by molar-refractivity contribution is 6.31. The molecule has 0 aliphatic carbocycles. The monoisotopic (exact) mass is 459 g/mol. The van der Waals surface area contributed by atoms with E-state index in [1.165, 1.54) is 11.1 Å². The van der Waals surface area contributed by atoms with Gasteiger partial charge in [0.2, 0.25) is 0 Å². The van der Waals surface area contributed by atoms with Crippen LogP contribution < -0.4 is 4.74 Å². The van der Waals surface area contributed by atoms with Gasteiger partial charge in [-0.05, 0) is 41.3 Å². The molecular formula is C27H26ClN3O2. The number of hydrogen-bond donors (Lipinski definition) is 0. The summed E-state index contributed by atoms with van der Waals surface area (Å²) in [7, 11) is 1.65.